The summed E-state index contributed by atoms with van der Waals surface area (Å²) in [6, 6.07) is 3.41. The molecule has 0 aliphatic carbocycles. The molecule has 0 aromatic carbocycles. The van der Waals surface area contributed by atoms with E-state index in [2.05, 4.69) is 35.9 Å². The zero-order valence-corrected chi connectivity index (χ0v) is 24.9. The van der Waals surface area contributed by atoms with Crippen molar-refractivity contribution in [2.45, 2.75) is 29.6 Å². The van der Waals surface area contributed by atoms with Gasteiger partial charge in [0.25, 0.3) is 16.4 Å². The second kappa shape index (κ2) is 18.6. The van der Waals surface area contributed by atoms with Crippen molar-refractivity contribution in [3.05, 3.63) is 35.1 Å². The summed E-state index contributed by atoms with van der Waals surface area (Å²) < 4.78 is 4.89. The standard InChI is InChI=1S/C9H7N3O2S2.C6H8N2OS.C5H11N.C3H3NO2S/c1-15-8-10-3-2-5(11-8)4-6-7(13)12-9(14)16-6;1-9-5-3-4-7-6(8-5)10-2;1-2-4-6-5-3-1;5-2-1-7-3(6)4-2/h2-4H,1H3,(H,12,13,14);3-4H,1-2H3;6H,1-5H2;1H2,(H,4,5,6)/b6-4-;;;. The number of piperidine rings is 1. The topological polar surface area (TPSA) is 165 Å². The predicted molar refractivity (Wildman–Crippen MR) is 156 cm³/mol. The summed E-state index contributed by atoms with van der Waals surface area (Å²) in [5.74, 6) is 0.340. The molecule has 0 unspecified atom stereocenters. The first-order valence-corrected chi connectivity index (χ1v) is 15.8. The van der Waals surface area contributed by atoms with Crippen LogP contribution in [0.2, 0.25) is 0 Å². The van der Waals surface area contributed by atoms with Crippen LogP contribution in [0.4, 0.5) is 9.59 Å². The van der Waals surface area contributed by atoms with Gasteiger partial charge in [0.2, 0.25) is 11.8 Å². The molecule has 0 bridgehead atoms. The fourth-order valence-corrected chi connectivity index (χ4v) is 4.64. The number of nitrogens with zero attached hydrogens (tertiary/aromatic N) is 4. The molecule has 3 aliphatic rings. The summed E-state index contributed by atoms with van der Waals surface area (Å²) in [7, 11) is 1.59. The summed E-state index contributed by atoms with van der Waals surface area (Å²) in [6.07, 6.45) is 12.9. The molecule has 39 heavy (non-hydrogen) atoms. The minimum Gasteiger partial charge on any atom is -0.481 e. The molecule has 210 valence electrons. The van der Waals surface area contributed by atoms with Crippen LogP contribution in [-0.4, -0.2) is 80.7 Å². The van der Waals surface area contributed by atoms with Crippen LogP contribution >= 0.6 is 47.0 Å². The van der Waals surface area contributed by atoms with E-state index in [1.165, 1.54) is 55.9 Å². The molecule has 0 radical (unpaired) electrons. The quantitative estimate of drug-likeness (QED) is 0.261. The fourth-order valence-electron chi connectivity index (χ4n) is 2.74. The van der Waals surface area contributed by atoms with Crippen LogP contribution in [-0.2, 0) is 9.59 Å². The van der Waals surface area contributed by atoms with Crippen LogP contribution in [0, 0.1) is 0 Å². The molecule has 2 aromatic heterocycles. The van der Waals surface area contributed by atoms with E-state index in [9.17, 15) is 19.2 Å². The molecule has 0 saturated carbocycles. The maximum absolute atomic E-state index is 11.3. The van der Waals surface area contributed by atoms with E-state index in [4.69, 9.17) is 4.74 Å². The third-order valence-electron chi connectivity index (χ3n) is 4.54. The zero-order chi connectivity index (χ0) is 28.5. The third kappa shape index (κ3) is 13.3. The minimum absolute atomic E-state index is 0.185. The molecule has 3 saturated heterocycles. The van der Waals surface area contributed by atoms with E-state index >= 15 is 0 Å². The van der Waals surface area contributed by atoms with Crippen molar-refractivity contribution in [1.29, 1.82) is 0 Å². The van der Waals surface area contributed by atoms with Gasteiger partial charge in [-0.15, -0.1) is 0 Å². The largest absolute Gasteiger partial charge is 0.481 e. The van der Waals surface area contributed by atoms with E-state index in [0.717, 1.165) is 28.7 Å². The minimum atomic E-state index is -0.376. The van der Waals surface area contributed by atoms with E-state index in [0.29, 0.717) is 27.4 Å². The lowest BCUT2D eigenvalue weighted by Gasteiger charge is -2.08. The summed E-state index contributed by atoms with van der Waals surface area (Å²) in [5, 5.41) is 8.35. The maximum atomic E-state index is 11.3. The molecule has 0 atom stereocenters. The molecule has 3 N–H and O–H groups in total. The summed E-state index contributed by atoms with van der Waals surface area (Å²) in [5.41, 5.74) is 0.617. The highest BCUT2D eigenvalue weighted by atomic mass is 32.2. The van der Waals surface area contributed by atoms with Gasteiger partial charge in [0.15, 0.2) is 10.3 Å². The summed E-state index contributed by atoms with van der Waals surface area (Å²) in [6.45, 7) is 2.50. The number of rotatable bonds is 4. The van der Waals surface area contributed by atoms with E-state index in [-0.39, 0.29) is 22.3 Å². The molecule has 5 heterocycles. The Morgan fingerprint density at radius 3 is 2.00 bits per heavy atom. The molecule has 12 nitrogen and oxygen atoms in total. The van der Waals surface area contributed by atoms with Crippen LogP contribution in [0.3, 0.4) is 0 Å². The van der Waals surface area contributed by atoms with Crippen molar-refractivity contribution < 1.29 is 23.9 Å². The Kier molecular flexibility index (Phi) is 15.5. The van der Waals surface area contributed by atoms with Crippen molar-refractivity contribution in [2.75, 3.05) is 38.5 Å². The van der Waals surface area contributed by atoms with E-state index < -0.39 is 0 Å². The molecular formula is C23H29N7O5S4. The van der Waals surface area contributed by atoms with Gasteiger partial charge in [0.1, 0.15) is 0 Å². The Hall–Kier alpha value is -2.66. The number of methoxy groups -OCH3 is 1. The molecule has 16 heteroatoms. The highest BCUT2D eigenvalue weighted by Crippen LogP contribution is 2.25. The van der Waals surface area contributed by atoms with Crippen molar-refractivity contribution in [3.8, 4) is 5.88 Å². The van der Waals surface area contributed by atoms with E-state index in [1.807, 2.05) is 12.5 Å². The molecule has 3 fully saturated rings. The molecule has 5 rings (SSSR count). The van der Waals surface area contributed by atoms with Gasteiger partial charge in [-0.25, -0.2) is 15.0 Å². The molecular weight excluding hydrogens is 583 g/mol. The lowest BCUT2D eigenvalue weighted by atomic mass is 10.2. The van der Waals surface area contributed by atoms with Gasteiger partial charge in [0.05, 0.1) is 23.5 Å². The Labute approximate surface area is 243 Å². The lowest BCUT2D eigenvalue weighted by molar-refractivity contribution is -0.117. The van der Waals surface area contributed by atoms with Crippen molar-refractivity contribution in [2.24, 2.45) is 0 Å². The SMILES string of the molecule is C1CCNCC1.COc1ccnc(SC)n1.CSc1nccc(/C=C2\SC(=O)NC2=O)n1.O=C1CSC(=O)N1. The van der Waals surface area contributed by atoms with Crippen LogP contribution in [0.25, 0.3) is 6.08 Å². The second-order valence-corrected chi connectivity index (χ2v) is 10.9. The van der Waals surface area contributed by atoms with Gasteiger partial charge >= 0.3 is 0 Å². The van der Waals surface area contributed by atoms with Gasteiger partial charge in [0, 0.05) is 18.5 Å². The number of nitrogens with one attached hydrogen (secondary N) is 3. The molecule has 0 spiro atoms. The first-order chi connectivity index (χ1) is 18.8. The average Bonchev–Trinajstić information content (AvgIpc) is 3.51. The van der Waals surface area contributed by atoms with Crippen LogP contribution in [0.1, 0.15) is 25.0 Å². The Bertz CT molecular complexity index is 1120. The molecule has 4 amide bonds. The van der Waals surface area contributed by atoms with Gasteiger partial charge in [-0.05, 0) is 62.3 Å². The van der Waals surface area contributed by atoms with Crippen molar-refractivity contribution in [1.82, 2.24) is 35.9 Å². The number of carbonyl (C=O) groups is 4. The highest BCUT2D eigenvalue weighted by molar-refractivity contribution is 8.18. The first kappa shape index (κ1) is 32.6. The van der Waals surface area contributed by atoms with Gasteiger partial charge in [-0.3, -0.25) is 29.8 Å². The normalized spacial score (nSPS) is 17.1. The monoisotopic (exact) mass is 611 g/mol. The van der Waals surface area contributed by atoms with Gasteiger partial charge in [-0.2, -0.15) is 4.98 Å². The number of hydrogen-bond acceptors (Lipinski definition) is 14. The number of thioether (sulfide) groups is 4. The maximum Gasteiger partial charge on any atom is 0.290 e. The van der Waals surface area contributed by atoms with Crippen LogP contribution < -0.4 is 20.7 Å². The Balaban J connectivity index is 0.000000198. The van der Waals surface area contributed by atoms with Crippen molar-refractivity contribution >= 4 is 75.4 Å². The lowest BCUT2D eigenvalue weighted by Crippen LogP contribution is -2.21. The number of imide groups is 2. The fraction of sp³-hybridized carbons (Fsp3) is 0.391. The number of aromatic nitrogens is 4. The number of ether oxygens (including phenoxy) is 1. The first-order valence-electron chi connectivity index (χ1n) is 11.5. The van der Waals surface area contributed by atoms with Crippen LogP contribution in [0.15, 0.2) is 39.7 Å². The number of amides is 4. The molecule has 3 aliphatic heterocycles. The van der Waals surface area contributed by atoms with Crippen LogP contribution in [0.5, 0.6) is 5.88 Å². The Morgan fingerprint density at radius 2 is 1.56 bits per heavy atom. The Morgan fingerprint density at radius 1 is 0.897 bits per heavy atom. The zero-order valence-electron chi connectivity index (χ0n) is 21.6. The highest BCUT2D eigenvalue weighted by Gasteiger charge is 2.25. The molecule has 2 aromatic rings. The predicted octanol–water partition coefficient (Wildman–Crippen LogP) is 3.46. The summed E-state index contributed by atoms with van der Waals surface area (Å²) >= 11 is 4.79. The van der Waals surface area contributed by atoms with Gasteiger partial charge in [-0.1, -0.05) is 41.7 Å². The second-order valence-electron chi connectivity index (χ2n) is 7.34. The third-order valence-corrected chi connectivity index (χ3v) is 7.25. The van der Waals surface area contributed by atoms with Crippen molar-refractivity contribution in [3.63, 3.8) is 0 Å². The summed E-state index contributed by atoms with van der Waals surface area (Å²) in [4.78, 5) is 59.0. The average molecular weight is 612 g/mol. The van der Waals surface area contributed by atoms with Gasteiger partial charge < -0.3 is 10.1 Å². The number of hydrogen-bond donors (Lipinski definition) is 3. The van der Waals surface area contributed by atoms with E-state index in [1.54, 1.807) is 37.7 Å². The number of carbonyl (C=O) groups excluding carboxylic acids is 4. The smallest absolute Gasteiger partial charge is 0.290 e.